The Morgan fingerprint density at radius 3 is 2.71 bits per heavy atom. The van der Waals surface area contributed by atoms with Gasteiger partial charge in [0.15, 0.2) is 6.04 Å². The van der Waals surface area contributed by atoms with Crippen LogP contribution in [0.5, 0.6) is 11.5 Å². The number of aromatic hydroxyl groups is 2. The Morgan fingerprint density at radius 1 is 1.47 bits per heavy atom. The van der Waals surface area contributed by atoms with Gasteiger partial charge in [0, 0.05) is 24.5 Å². The summed E-state index contributed by atoms with van der Waals surface area (Å²) < 4.78 is 0. The molecular formula is C11H13NO4S. The molecule has 0 radical (unpaired) electrons. The number of carboxylic acids is 1. The molecule has 0 aliphatic heterocycles. The highest BCUT2D eigenvalue weighted by atomic mass is 32.1. The number of carboxylic acid groups (broad SMARTS) is 1. The molecule has 92 valence electrons. The Hall–Kier alpha value is -1.69. The quantitative estimate of drug-likeness (QED) is 0.468. The second kappa shape index (κ2) is 6.15. The van der Waals surface area contributed by atoms with Gasteiger partial charge in [0.25, 0.3) is 0 Å². The summed E-state index contributed by atoms with van der Waals surface area (Å²) in [5.74, 6) is -0.991. The molecule has 0 aliphatic carbocycles. The van der Waals surface area contributed by atoms with Crippen molar-refractivity contribution in [1.29, 1.82) is 0 Å². The van der Waals surface area contributed by atoms with Crippen LogP contribution in [0.15, 0.2) is 23.2 Å². The third-order valence-corrected chi connectivity index (χ3v) is 2.47. The molecule has 1 atom stereocenters. The summed E-state index contributed by atoms with van der Waals surface area (Å²) in [5, 5.41) is 27.3. The minimum Gasteiger partial charge on any atom is -0.508 e. The zero-order chi connectivity index (χ0) is 12.8. The van der Waals surface area contributed by atoms with E-state index in [0.717, 1.165) is 0 Å². The molecule has 3 N–H and O–H groups in total. The fourth-order valence-electron chi connectivity index (χ4n) is 1.19. The molecular weight excluding hydrogens is 242 g/mol. The third-order valence-electron chi connectivity index (χ3n) is 2.12. The second-order valence-electron chi connectivity index (χ2n) is 3.39. The van der Waals surface area contributed by atoms with E-state index in [-0.39, 0.29) is 17.3 Å². The molecule has 6 heteroatoms. The van der Waals surface area contributed by atoms with Gasteiger partial charge in [-0.1, -0.05) is 6.07 Å². The number of phenols is 2. The third kappa shape index (κ3) is 3.99. The molecule has 0 aromatic heterocycles. The SMILES string of the molecule is O=C(O)[C@H](CS)N=CCc1ccc(O)cc1O. The molecule has 1 aromatic carbocycles. The highest BCUT2D eigenvalue weighted by Crippen LogP contribution is 2.22. The fourth-order valence-corrected chi connectivity index (χ4v) is 1.44. The summed E-state index contributed by atoms with van der Waals surface area (Å²) >= 11 is 3.87. The van der Waals surface area contributed by atoms with Crippen LogP contribution in [0, 0.1) is 0 Å². The van der Waals surface area contributed by atoms with Gasteiger partial charge in [0.05, 0.1) is 0 Å². The number of nitrogens with zero attached hydrogens (tertiary/aromatic N) is 1. The van der Waals surface area contributed by atoms with E-state index in [1.807, 2.05) is 0 Å². The van der Waals surface area contributed by atoms with Crippen molar-refractivity contribution in [1.82, 2.24) is 0 Å². The van der Waals surface area contributed by atoms with Gasteiger partial charge >= 0.3 is 5.97 Å². The monoisotopic (exact) mass is 255 g/mol. The Balaban J connectivity index is 2.66. The lowest BCUT2D eigenvalue weighted by atomic mass is 10.1. The Bertz CT molecular complexity index is 433. The van der Waals surface area contributed by atoms with Crippen LogP contribution < -0.4 is 0 Å². The first-order chi connectivity index (χ1) is 8.04. The van der Waals surface area contributed by atoms with Crippen LogP contribution >= 0.6 is 12.6 Å². The Kier molecular flexibility index (Phi) is 4.84. The Morgan fingerprint density at radius 2 is 2.18 bits per heavy atom. The van der Waals surface area contributed by atoms with Gasteiger partial charge in [-0.05, 0) is 11.6 Å². The average molecular weight is 255 g/mol. The van der Waals surface area contributed by atoms with Crippen LogP contribution in [0.2, 0.25) is 0 Å². The van der Waals surface area contributed by atoms with Gasteiger partial charge < -0.3 is 15.3 Å². The van der Waals surface area contributed by atoms with Crippen molar-refractivity contribution < 1.29 is 20.1 Å². The normalized spacial score (nSPS) is 12.8. The van der Waals surface area contributed by atoms with Crippen molar-refractivity contribution in [2.75, 3.05) is 5.75 Å². The first kappa shape index (κ1) is 13.4. The minimum atomic E-state index is -1.04. The van der Waals surface area contributed by atoms with Crippen LogP contribution in [0.4, 0.5) is 0 Å². The largest absolute Gasteiger partial charge is 0.508 e. The van der Waals surface area contributed by atoms with Gasteiger partial charge in [-0.15, -0.1) is 0 Å². The molecule has 17 heavy (non-hydrogen) atoms. The average Bonchev–Trinajstić information content (AvgIpc) is 2.26. The lowest BCUT2D eigenvalue weighted by molar-refractivity contribution is -0.137. The molecule has 0 heterocycles. The predicted octanol–water partition coefficient (Wildman–Crippen LogP) is 1.09. The van der Waals surface area contributed by atoms with E-state index < -0.39 is 12.0 Å². The lowest BCUT2D eigenvalue weighted by Crippen LogP contribution is -2.19. The van der Waals surface area contributed by atoms with E-state index in [4.69, 9.17) is 10.2 Å². The van der Waals surface area contributed by atoms with Crippen molar-refractivity contribution in [3.8, 4) is 11.5 Å². The fraction of sp³-hybridized carbons (Fsp3) is 0.273. The predicted molar refractivity (Wildman–Crippen MR) is 67.2 cm³/mol. The van der Waals surface area contributed by atoms with Crippen molar-refractivity contribution in [3.63, 3.8) is 0 Å². The van der Waals surface area contributed by atoms with E-state index in [2.05, 4.69) is 17.6 Å². The maximum atomic E-state index is 10.6. The zero-order valence-electron chi connectivity index (χ0n) is 8.95. The number of aliphatic carboxylic acids is 1. The van der Waals surface area contributed by atoms with Gasteiger partial charge in [0.2, 0.25) is 0 Å². The standard InChI is InChI=1S/C11H13NO4S/c13-8-2-1-7(10(14)5-8)3-4-12-9(6-17)11(15)16/h1-2,4-5,9,13-14,17H,3,6H2,(H,15,16)/t9-/m0/s1. The maximum Gasteiger partial charge on any atom is 0.329 e. The first-order valence-corrected chi connectivity index (χ1v) is 5.54. The summed E-state index contributed by atoms with van der Waals surface area (Å²) in [5.41, 5.74) is 0.565. The molecule has 0 unspecified atom stereocenters. The smallest absolute Gasteiger partial charge is 0.329 e. The number of phenolic OH excluding ortho intramolecular Hbond substituents is 2. The number of benzene rings is 1. The van der Waals surface area contributed by atoms with E-state index >= 15 is 0 Å². The number of thiol groups is 1. The highest BCUT2D eigenvalue weighted by molar-refractivity contribution is 7.80. The number of hydrogen-bond acceptors (Lipinski definition) is 5. The van der Waals surface area contributed by atoms with Crippen molar-refractivity contribution >= 4 is 24.8 Å². The number of aliphatic imine (C=N–C) groups is 1. The summed E-state index contributed by atoms with van der Waals surface area (Å²) in [6.45, 7) is 0. The molecule has 0 aliphatic rings. The van der Waals surface area contributed by atoms with Gasteiger partial charge in [-0.3, -0.25) is 4.99 Å². The molecule has 0 saturated heterocycles. The van der Waals surface area contributed by atoms with Crippen molar-refractivity contribution in [2.45, 2.75) is 12.5 Å². The minimum absolute atomic E-state index is 0.0260. The van der Waals surface area contributed by atoms with E-state index in [1.54, 1.807) is 6.07 Å². The van der Waals surface area contributed by atoms with Crippen LogP contribution in [-0.2, 0) is 11.2 Å². The van der Waals surface area contributed by atoms with Crippen LogP contribution in [0.1, 0.15) is 5.56 Å². The molecule has 0 amide bonds. The summed E-state index contributed by atoms with van der Waals surface area (Å²) in [6, 6.07) is 3.33. The topological polar surface area (TPSA) is 90.1 Å². The van der Waals surface area contributed by atoms with E-state index in [9.17, 15) is 9.90 Å². The molecule has 1 aromatic rings. The number of rotatable bonds is 5. The van der Waals surface area contributed by atoms with Crippen LogP contribution in [0.3, 0.4) is 0 Å². The number of carbonyl (C=O) groups is 1. The van der Waals surface area contributed by atoms with Gasteiger partial charge in [0.1, 0.15) is 11.5 Å². The first-order valence-electron chi connectivity index (χ1n) is 4.90. The molecule has 5 nitrogen and oxygen atoms in total. The molecule has 0 saturated carbocycles. The zero-order valence-corrected chi connectivity index (χ0v) is 9.84. The molecule has 0 fully saturated rings. The van der Waals surface area contributed by atoms with Crippen molar-refractivity contribution in [3.05, 3.63) is 23.8 Å². The van der Waals surface area contributed by atoms with E-state index in [1.165, 1.54) is 18.3 Å². The molecule has 0 spiro atoms. The van der Waals surface area contributed by atoms with Gasteiger partial charge in [-0.2, -0.15) is 12.6 Å². The van der Waals surface area contributed by atoms with Crippen LogP contribution in [0.25, 0.3) is 0 Å². The van der Waals surface area contributed by atoms with Crippen molar-refractivity contribution in [2.24, 2.45) is 4.99 Å². The Labute approximate surface area is 104 Å². The van der Waals surface area contributed by atoms with Crippen LogP contribution in [-0.4, -0.2) is 39.3 Å². The molecule has 1 rings (SSSR count). The van der Waals surface area contributed by atoms with Gasteiger partial charge in [-0.25, -0.2) is 4.79 Å². The lowest BCUT2D eigenvalue weighted by Gasteiger charge is -2.03. The summed E-state index contributed by atoms with van der Waals surface area (Å²) in [4.78, 5) is 14.5. The highest BCUT2D eigenvalue weighted by Gasteiger charge is 2.12. The second-order valence-corrected chi connectivity index (χ2v) is 3.75. The number of hydrogen-bond donors (Lipinski definition) is 4. The summed E-state index contributed by atoms with van der Waals surface area (Å²) in [7, 11) is 0. The summed E-state index contributed by atoms with van der Waals surface area (Å²) in [6.07, 6.45) is 1.71. The maximum absolute atomic E-state index is 10.6. The molecule has 0 bridgehead atoms. The van der Waals surface area contributed by atoms with E-state index in [0.29, 0.717) is 12.0 Å².